The molecule has 0 aliphatic rings. The molecule has 0 spiro atoms. The molecular formula is C16H29Al. The fraction of sp³-hybridized carbons (Fsp3) is 0.625. The van der Waals surface area contributed by atoms with Crippen LogP contribution in [0.25, 0.3) is 0 Å². The van der Waals surface area contributed by atoms with Crippen molar-refractivity contribution >= 4 is 14.1 Å². The Morgan fingerprint density at radius 2 is 1.18 bits per heavy atom. The molecule has 0 radical (unpaired) electrons. The molecule has 1 aromatic rings. The van der Waals surface area contributed by atoms with Gasteiger partial charge in [-0.1, -0.05) is 91.8 Å². The van der Waals surface area contributed by atoms with Crippen molar-refractivity contribution in [2.24, 2.45) is 0 Å². The second kappa shape index (κ2) is 12.2. The summed E-state index contributed by atoms with van der Waals surface area (Å²) in [4.78, 5) is 0. The van der Waals surface area contributed by atoms with Crippen LogP contribution in [0.3, 0.4) is 0 Å². The maximum atomic E-state index is 2.32. The number of hydrogen-bond donors (Lipinski definition) is 0. The SMILES string of the molecule is CC[CH2][Al]([CH2]CC)[CH2]CC.Cc1ccccc1. The Bertz CT molecular complexity index is 229. The van der Waals surface area contributed by atoms with Crippen LogP contribution < -0.4 is 0 Å². The van der Waals surface area contributed by atoms with Crippen molar-refractivity contribution < 1.29 is 0 Å². The van der Waals surface area contributed by atoms with Crippen LogP contribution in [-0.2, 0) is 0 Å². The normalized spacial score (nSPS) is 9.41. The highest BCUT2D eigenvalue weighted by molar-refractivity contribution is 6.58. The molecule has 0 aliphatic carbocycles. The van der Waals surface area contributed by atoms with Gasteiger partial charge in [-0.3, -0.25) is 0 Å². The highest BCUT2D eigenvalue weighted by atomic mass is 27.2. The maximum absolute atomic E-state index is 2.32. The van der Waals surface area contributed by atoms with E-state index >= 15 is 0 Å². The molecule has 0 saturated carbocycles. The Balaban J connectivity index is 0.000000318. The minimum Gasteiger partial charge on any atom is -0.0941 e. The van der Waals surface area contributed by atoms with Crippen molar-refractivity contribution in [3.63, 3.8) is 0 Å². The third-order valence-corrected chi connectivity index (χ3v) is 7.21. The Labute approximate surface area is 113 Å². The summed E-state index contributed by atoms with van der Waals surface area (Å²) in [6.07, 6.45) is 4.28. The topological polar surface area (TPSA) is 0 Å². The van der Waals surface area contributed by atoms with Crippen molar-refractivity contribution in [3.8, 4) is 0 Å². The zero-order valence-electron chi connectivity index (χ0n) is 12.2. The first-order chi connectivity index (χ1) is 8.24. The minimum absolute atomic E-state index is 0.234. The molecule has 0 heterocycles. The molecule has 1 rings (SSSR count). The molecule has 0 nitrogen and oxygen atoms in total. The molecule has 0 saturated heterocycles. The second-order valence-corrected chi connectivity index (χ2v) is 8.35. The van der Waals surface area contributed by atoms with Crippen LogP contribution in [-0.4, -0.2) is 14.1 Å². The summed E-state index contributed by atoms with van der Waals surface area (Å²) in [5.41, 5.74) is 1.32. The fourth-order valence-electron chi connectivity index (χ4n) is 2.19. The first-order valence-electron chi connectivity index (χ1n) is 7.26. The Morgan fingerprint density at radius 1 is 0.765 bits per heavy atom. The van der Waals surface area contributed by atoms with Crippen molar-refractivity contribution in [1.29, 1.82) is 0 Å². The van der Waals surface area contributed by atoms with Crippen LogP contribution in [0.15, 0.2) is 30.3 Å². The molecule has 0 unspecified atom stereocenters. The van der Waals surface area contributed by atoms with E-state index in [1.54, 1.807) is 15.8 Å². The molecule has 17 heavy (non-hydrogen) atoms. The number of benzene rings is 1. The van der Waals surface area contributed by atoms with Gasteiger partial charge in [0.2, 0.25) is 0 Å². The van der Waals surface area contributed by atoms with Crippen LogP contribution in [0, 0.1) is 6.92 Å². The van der Waals surface area contributed by atoms with E-state index in [9.17, 15) is 0 Å². The zero-order valence-corrected chi connectivity index (χ0v) is 13.4. The van der Waals surface area contributed by atoms with Gasteiger partial charge in [0.15, 0.2) is 0 Å². The van der Waals surface area contributed by atoms with Crippen LogP contribution in [0.1, 0.15) is 45.6 Å². The van der Waals surface area contributed by atoms with Gasteiger partial charge in [-0.25, -0.2) is 0 Å². The molecule has 0 aromatic heterocycles. The number of rotatable bonds is 6. The highest BCUT2D eigenvalue weighted by Crippen LogP contribution is 2.11. The van der Waals surface area contributed by atoms with Crippen LogP contribution in [0.4, 0.5) is 0 Å². The van der Waals surface area contributed by atoms with Crippen LogP contribution >= 0.6 is 0 Å². The van der Waals surface area contributed by atoms with E-state index in [1.807, 2.05) is 18.2 Å². The lowest BCUT2D eigenvalue weighted by molar-refractivity contribution is 0.957. The fourth-order valence-corrected chi connectivity index (χ4v) is 5.51. The van der Waals surface area contributed by atoms with E-state index in [2.05, 4.69) is 39.8 Å². The lowest BCUT2D eigenvalue weighted by Gasteiger charge is -2.06. The van der Waals surface area contributed by atoms with Gasteiger partial charge in [-0.15, -0.1) is 0 Å². The zero-order chi connectivity index (χ0) is 12.9. The molecule has 0 amide bonds. The third kappa shape index (κ3) is 10.6. The van der Waals surface area contributed by atoms with E-state index in [4.69, 9.17) is 0 Å². The summed E-state index contributed by atoms with van der Waals surface area (Å²) < 4.78 is 0. The summed E-state index contributed by atoms with van der Waals surface area (Å²) in [7, 11) is 0. The van der Waals surface area contributed by atoms with E-state index in [0.29, 0.717) is 0 Å². The molecular weight excluding hydrogens is 219 g/mol. The molecule has 1 aromatic carbocycles. The van der Waals surface area contributed by atoms with Gasteiger partial charge in [-0.05, 0) is 6.92 Å². The predicted octanol–water partition coefficient (Wildman–Crippen LogP) is 5.71. The van der Waals surface area contributed by atoms with E-state index in [0.717, 1.165) is 0 Å². The smallest absolute Gasteiger partial charge is 0.0941 e. The molecule has 96 valence electrons. The summed E-state index contributed by atoms with van der Waals surface area (Å²) in [6, 6.07) is 10.3. The molecule has 0 fully saturated rings. The largest absolute Gasteiger partial charge is 0.261 e. The maximum Gasteiger partial charge on any atom is 0.261 e. The average Bonchev–Trinajstić information content (AvgIpc) is 2.32. The molecule has 0 aliphatic heterocycles. The lowest BCUT2D eigenvalue weighted by atomic mass is 10.2. The molecule has 1 heteroatoms. The van der Waals surface area contributed by atoms with Crippen molar-refractivity contribution in [2.45, 2.75) is 62.8 Å². The van der Waals surface area contributed by atoms with Gasteiger partial charge in [0.05, 0.1) is 0 Å². The van der Waals surface area contributed by atoms with Gasteiger partial charge in [0, 0.05) is 0 Å². The van der Waals surface area contributed by atoms with Crippen LogP contribution in [0.5, 0.6) is 0 Å². The summed E-state index contributed by atoms with van der Waals surface area (Å²) in [6.45, 7) is 9.06. The first-order valence-corrected chi connectivity index (χ1v) is 9.71. The Morgan fingerprint density at radius 3 is 1.41 bits per heavy atom. The minimum atomic E-state index is -0.234. The van der Waals surface area contributed by atoms with E-state index in [1.165, 1.54) is 24.8 Å². The second-order valence-electron chi connectivity index (χ2n) is 4.89. The molecule has 0 N–H and O–H groups in total. The van der Waals surface area contributed by atoms with Crippen molar-refractivity contribution in [1.82, 2.24) is 0 Å². The van der Waals surface area contributed by atoms with Gasteiger partial charge in [-0.2, -0.15) is 0 Å². The van der Waals surface area contributed by atoms with Gasteiger partial charge in [0.1, 0.15) is 0 Å². The van der Waals surface area contributed by atoms with E-state index < -0.39 is 0 Å². The number of aryl methyl sites for hydroxylation is 1. The standard InChI is InChI=1S/C7H8.3C3H7.Al/c1-7-5-3-2-4-6-7;3*1-3-2;/h2-6H,1H3;3*1,3H2,2H3;. The van der Waals surface area contributed by atoms with Crippen molar-refractivity contribution in [3.05, 3.63) is 35.9 Å². The predicted molar refractivity (Wildman–Crippen MR) is 82.2 cm³/mol. The molecule has 0 atom stereocenters. The monoisotopic (exact) mass is 248 g/mol. The van der Waals surface area contributed by atoms with Gasteiger partial charge in [0.25, 0.3) is 14.1 Å². The third-order valence-electron chi connectivity index (χ3n) is 3.03. The van der Waals surface area contributed by atoms with Crippen LogP contribution in [0.2, 0.25) is 15.8 Å². The molecule has 0 bridgehead atoms. The van der Waals surface area contributed by atoms with E-state index in [-0.39, 0.29) is 14.1 Å². The number of hydrogen-bond acceptors (Lipinski definition) is 0. The Hall–Kier alpha value is -0.248. The highest BCUT2D eigenvalue weighted by Gasteiger charge is 2.11. The lowest BCUT2D eigenvalue weighted by Crippen LogP contribution is -2.09. The first kappa shape index (κ1) is 16.8. The summed E-state index contributed by atoms with van der Waals surface area (Å²) >= 11 is -0.234. The average molecular weight is 248 g/mol. The summed E-state index contributed by atoms with van der Waals surface area (Å²) in [5.74, 6) is 0. The quantitative estimate of drug-likeness (QED) is 0.566. The Kier molecular flexibility index (Phi) is 12.0. The van der Waals surface area contributed by atoms with Crippen molar-refractivity contribution in [2.75, 3.05) is 0 Å². The van der Waals surface area contributed by atoms with Gasteiger partial charge < -0.3 is 0 Å². The summed E-state index contributed by atoms with van der Waals surface area (Å²) in [5, 5.41) is 4.76. The van der Waals surface area contributed by atoms with Gasteiger partial charge >= 0.3 is 0 Å².